The van der Waals surface area contributed by atoms with Gasteiger partial charge >= 0.3 is 5.00 Å². The van der Waals surface area contributed by atoms with Gasteiger partial charge in [0, 0.05) is 43.5 Å². The molecule has 23 heavy (non-hydrogen) atoms. The van der Waals surface area contributed by atoms with Gasteiger partial charge in [-0.25, -0.2) is 0 Å². The van der Waals surface area contributed by atoms with Gasteiger partial charge in [-0.3, -0.25) is 19.8 Å². The summed E-state index contributed by atoms with van der Waals surface area (Å²) < 4.78 is 0. The van der Waals surface area contributed by atoms with Crippen molar-refractivity contribution in [1.82, 2.24) is 10.2 Å². The van der Waals surface area contributed by atoms with Gasteiger partial charge in [-0.1, -0.05) is 41.7 Å². The van der Waals surface area contributed by atoms with Crippen LogP contribution in [0.1, 0.15) is 23.6 Å². The van der Waals surface area contributed by atoms with E-state index < -0.39 is 0 Å². The van der Waals surface area contributed by atoms with E-state index in [0.717, 1.165) is 29.0 Å². The number of carbonyl (C=O) groups is 1. The molecule has 120 valence electrons. The lowest BCUT2D eigenvalue weighted by Crippen LogP contribution is -2.30. The van der Waals surface area contributed by atoms with Gasteiger partial charge in [0.15, 0.2) is 0 Å². The van der Waals surface area contributed by atoms with Crippen molar-refractivity contribution in [2.75, 3.05) is 13.1 Å². The molecular weight excluding hydrogens is 314 g/mol. The van der Waals surface area contributed by atoms with E-state index in [4.69, 9.17) is 0 Å². The molecule has 0 bridgehead atoms. The summed E-state index contributed by atoms with van der Waals surface area (Å²) in [6.45, 7) is 1.90. The molecule has 1 aromatic heterocycles. The first-order valence-electron chi connectivity index (χ1n) is 7.41. The van der Waals surface area contributed by atoms with Crippen LogP contribution in [0, 0.1) is 10.1 Å². The van der Waals surface area contributed by atoms with Crippen molar-refractivity contribution >= 4 is 22.2 Å². The van der Waals surface area contributed by atoms with Crippen LogP contribution < -0.4 is 5.32 Å². The lowest BCUT2D eigenvalue weighted by molar-refractivity contribution is -0.380. The van der Waals surface area contributed by atoms with Crippen molar-refractivity contribution in [2.45, 2.75) is 19.0 Å². The SMILES string of the molecule is O=C1CC(c2ccccc2)N(Cc2csc([N+](=O)[O-])c2)CCN1. The summed E-state index contributed by atoms with van der Waals surface area (Å²) in [6, 6.07) is 11.5. The van der Waals surface area contributed by atoms with E-state index in [9.17, 15) is 14.9 Å². The Balaban J connectivity index is 1.83. The second kappa shape index (κ2) is 6.89. The number of hydrogen-bond donors (Lipinski definition) is 1. The summed E-state index contributed by atoms with van der Waals surface area (Å²) in [4.78, 5) is 24.6. The number of rotatable bonds is 4. The Morgan fingerprint density at radius 2 is 2.13 bits per heavy atom. The van der Waals surface area contributed by atoms with Gasteiger partial charge in [0.2, 0.25) is 5.91 Å². The second-order valence-corrected chi connectivity index (χ2v) is 6.39. The lowest BCUT2D eigenvalue weighted by atomic mass is 10.0. The predicted octanol–water partition coefficient (Wildman–Crippen LogP) is 2.72. The smallest absolute Gasteiger partial charge is 0.324 e. The van der Waals surface area contributed by atoms with E-state index in [1.165, 1.54) is 0 Å². The van der Waals surface area contributed by atoms with E-state index in [2.05, 4.69) is 10.2 Å². The minimum Gasteiger partial charge on any atom is -0.355 e. The molecular formula is C16H17N3O3S. The van der Waals surface area contributed by atoms with Gasteiger partial charge in [-0.15, -0.1) is 0 Å². The average molecular weight is 331 g/mol. The molecule has 7 heteroatoms. The maximum atomic E-state index is 11.9. The topological polar surface area (TPSA) is 75.5 Å². The Morgan fingerprint density at radius 1 is 1.35 bits per heavy atom. The summed E-state index contributed by atoms with van der Waals surface area (Å²) in [5.74, 6) is 0.0395. The highest BCUT2D eigenvalue weighted by Gasteiger charge is 2.26. The minimum absolute atomic E-state index is 0.0161. The third-order valence-corrected chi connectivity index (χ3v) is 4.86. The van der Waals surface area contributed by atoms with Crippen LogP contribution in [0.15, 0.2) is 41.8 Å². The predicted molar refractivity (Wildman–Crippen MR) is 88.2 cm³/mol. The molecule has 1 saturated heterocycles. The highest BCUT2D eigenvalue weighted by molar-refractivity contribution is 7.13. The van der Waals surface area contributed by atoms with Gasteiger partial charge in [-0.05, 0) is 11.1 Å². The van der Waals surface area contributed by atoms with Crippen molar-refractivity contribution in [3.63, 3.8) is 0 Å². The monoisotopic (exact) mass is 331 g/mol. The molecule has 0 spiro atoms. The summed E-state index contributed by atoms with van der Waals surface area (Å²) in [5, 5.41) is 15.7. The van der Waals surface area contributed by atoms with Gasteiger partial charge in [0.05, 0.1) is 4.92 Å². The minimum atomic E-state index is -0.365. The number of nitro groups is 1. The molecule has 1 fully saturated rings. The zero-order chi connectivity index (χ0) is 16.2. The Labute approximate surface area is 137 Å². The maximum Gasteiger partial charge on any atom is 0.324 e. The molecule has 1 aromatic carbocycles. The van der Waals surface area contributed by atoms with E-state index in [1.807, 2.05) is 35.7 Å². The van der Waals surface area contributed by atoms with Gasteiger partial charge in [-0.2, -0.15) is 0 Å². The standard InChI is InChI=1S/C16H17N3O3S/c20-15-9-14(13-4-2-1-3-5-13)18(7-6-17-15)10-12-8-16(19(21)22)23-11-12/h1-5,8,11,14H,6-7,9-10H2,(H,17,20). The Morgan fingerprint density at radius 3 is 2.83 bits per heavy atom. The van der Waals surface area contributed by atoms with Gasteiger partial charge in [0.1, 0.15) is 0 Å². The highest BCUT2D eigenvalue weighted by atomic mass is 32.1. The zero-order valence-corrected chi connectivity index (χ0v) is 13.3. The normalized spacial score (nSPS) is 19.1. The van der Waals surface area contributed by atoms with Crippen LogP contribution in [-0.4, -0.2) is 28.8 Å². The molecule has 3 rings (SSSR count). The van der Waals surface area contributed by atoms with Crippen LogP contribution >= 0.6 is 11.3 Å². The number of thiophene rings is 1. The number of nitrogens with zero attached hydrogens (tertiary/aromatic N) is 2. The molecule has 0 saturated carbocycles. The molecule has 1 N–H and O–H groups in total. The Kier molecular flexibility index (Phi) is 4.68. The van der Waals surface area contributed by atoms with Crippen LogP contribution in [0.5, 0.6) is 0 Å². The molecule has 1 aliphatic heterocycles. The number of amides is 1. The molecule has 1 aliphatic rings. The van der Waals surface area contributed by atoms with Crippen LogP contribution in [-0.2, 0) is 11.3 Å². The average Bonchev–Trinajstić information content (AvgIpc) is 2.93. The van der Waals surface area contributed by atoms with Gasteiger partial charge < -0.3 is 5.32 Å². The van der Waals surface area contributed by atoms with E-state index in [1.54, 1.807) is 6.07 Å². The van der Waals surface area contributed by atoms with Crippen molar-refractivity contribution in [1.29, 1.82) is 0 Å². The molecule has 1 amide bonds. The van der Waals surface area contributed by atoms with E-state index >= 15 is 0 Å². The third-order valence-electron chi connectivity index (χ3n) is 3.93. The van der Waals surface area contributed by atoms with Crippen LogP contribution in [0.25, 0.3) is 0 Å². The zero-order valence-electron chi connectivity index (χ0n) is 12.5. The molecule has 2 aromatic rings. The summed E-state index contributed by atoms with van der Waals surface area (Å²) >= 11 is 1.14. The summed E-state index contributed by atoms with van der Waals surface area (Å²) in [5.41, 5.74) is 2.01. The molecule has 1 atom stereocenters. The highest BCUT2D eigenvalue weighted by Crippen LogP contribution is 2.29. The van der Waals surface area contributed by atoms with E-state index in [0.29, 0.717) is 19.5 Å². The Bertz CT molecular complexity index is 702. The molecule has 2 heterocycles. The van der Waals surface area contributed by atoms with Crippen molar-refractivity contribution < 1.29 is 9.72 Å². The quantitative estimate of drug-likeness (QED) is 0.690. The molecule has 1 unspecified atom stereocenters. The number of carbonyl (C=O) groups excluding carboxylic acids is 1. The van der Waals surface area contributed by atoms with Crippen molar-refractivity contribution in [3.05, 3.63) is 63.0 Å². The van der Waals surface area contributed by atoms with Crippen molar-refractivity contribution in [3.8, 4) is 0 Å². The lowest BCUT2D eigenvalue weighted by Gasteiger charge is -2.29. The third kappa shape index (κ3) is 3.75. The first-order chi connectivity index (χ1) is 11.1. The van der Waals surface area contributed by atoms with Crippen LogP contribution in [0.3, 0.4) is 0 Å². The van der Waals surface area contributed by atoms with Crippen LogP contribution in [0.4, 0.5) is 5.00 Å². The number of nitrogens with one attached hydrogen (secondary N) is 1. The summed E-state index contributed by atoms with van der Waals surface area (Å²) in [6.07, 6.45) is 0.399. The fraction of sp³-hybridized carbons (Fsp3) is 0.312. The first kappa shape index (κ1) is 15.6. The molecule has 6 nitrogen and oxygen atoms in total. The van der Waals surface area contributed by atoms with E-state index in [-0.39, 0.29) is 21.9 Å². The summed E-state index contributed by atoms with van der Waals surface area (Å²) in [7, 11) is 0. The molecule has 0 aliphatic carbocycles. The largest absolute Gasteiger partial charge is 0.355 e. The second-order valence-electron chi connectivity index (χ2n) is 5.50. The number of hydrogen-bond acceptors (Lipinski definition) is 5. The number of benzene rings is 1. The van der Waals surface area contributed by atoms with Crippen molar-refractivity contribution in [2.24, 2.45) is 0 Å². The van der Waals surface area contributed by atoms with Gasteiger partial charge in [0.25, 0.3) is 0 Å². The fourth-order valence-corrected chi connectivity index (χ4v) is 3.56. The first-order valence-corrected chi connectivity index (χ1v) is 8.29. The fourth-order valence-electron chi connectivity index (χ4n) is 2.84. The maximum absolute atomic E-state index is 11.9. The Hall–Kier alpha value is -2.25. The molecule has 0 radical (unpaired) electrons. The van der Waals surface area contributed by atoms with Crippen LogP contribution in [0.2, 0.25) is 0 Å².